The van der Waals surface area contributed by atoms with Crippen LogP contribution < -0.4 is 0 Å². The molecule has 0 radical (unpaired) electrons. The van der Waals surface area contributed by atoms with Crippen molar-refractivity contribution in [2.45, 2.75) is 4.83 Å². The molecule has 0 N–H and O–H groups in total. The lowest BCUT2D eigenvalue weighted by Crippen LogP contribution is -2.03. The van der Waals surface area contributed by atoms with Gasteiger partial charge in [0, 0.05) is 15.1 Å². The van der Waals surface area contributed by atoms with Crippen molar-refractivity contribution in [3.8, 4) is 0 Å². The summed E-state index contributed by atoms with van der Waals surface area (Å²) in [4.78, 5) is -1.04. The number of halogens is 7. The molecule has 0 aliphatic carbocycles. The van der Waals surface area contributed by atoms with Crippen LogP contribution in [0.15, 0.2) is 28.7 Å². The molecular formula is C13H5Br2ClF4. The molecule has 2 aromatic carbocycles. The Balaban J connectivity index is 2.57. The predicted octanol–water partition coefficient (Wildman–Crippen LogP) is 6.14. The first kappa shape index (κ1) is 15.8. The lowest BCUT2D eigenvalue weighted by molar-refractivity contribution is 0.506. The molecular weight excluding hydrogens is 427 g/mol. The maximum atomic E-state index is 13.8. The molecule has 7 heteroatoms. The van der Waals surface area contributed by atoms with Crippen molar-refractivity contribution >= 4 is 43.5 Å². The number of alkyl halides is 1. The fourth-order valence-corrected chi connectivity index (χ4v) is 3.29. The topological polar surface area (TPSA) is 0 Å². The van der Waals surface area contributed by atoms with Gasteiger partial charge in [-0.3, -0.25) is 0 Å². The average Bonchev–Trinajstić information content (AvgIpc) is 2.32. The number of hydrogen-bond donors (Lipinski definition) is 0. The SMILES string of the molecule is Fc1cc(Cl)c(C(Br)c2c(F)cc(Br)cc2F)cc1F. The Kier molecular flexibility index (Phi) is 4.76. The summed E-state index contributed by atoms with van der Waals surface area (Å²) in [5.74, 6) is -3.94. The Morgan fingerprint density at radius 1 is 0.850 bits per heavy atom. The normalized spacial score (nSPS) is 12.6. The predicted molar refractivity (Wildman–Crippen MR) is 76.2 cm³/mol. The zero-order valence-corrected chi connectivity index (χ0v) is 13.5. The van der Waals surface area contributed by atoms with E-state index in [2.05, 4.69) is 31.9 Å². The van der Waals surface area contributed by atoms with Crippen LogP contribution in [0, 0.1) is 23.3 Å². The molecule has 0 amide bonds. The zero-order valence-electron chi connectivity index (χ0n) is 9.53. The molecule has 0 aliphatic heterocycles. The van der Waals surface area contributed by atoms with Gasteiger partial charge in [0.25, 0.3) is 0 Å². The maximum absolute atomic E-state index is 13.8. The fourth-order valence-electron chi connectivity index (χ4n) is 1.68. The smallest absolute Gasteiger partial charge is 0.160 e. The highest BCUT2D eigenvalue weighted by atomic mass is 79.9. The van der Waals surface area contributed by atoms with Crippen LogP contribution >= 0.6 is 43.5 Å². The van der Waals surface area contributed by atoms with Gasteiger partial charge in [0.15, 0.2) is 11.6 Å². The second-order valence-corrected chi connectivity index (χ2v) is 6.17. The third-order valence-electron chi connectivity index (χ3n) is 2.61. The highest BCUT2D eigenvalue weighted by Gasteiger charge is 2.23. The number of hydrogen-bond acceptors (Lipinski definition) is 0. The quantitative estimate of drug-likeness (QED) is 0.304. The fraction of sp³-hybridized carbons (Fsp3) is 0.0769. The highest BCUT2D eigenvalue weighted by Crippen LogP contribution is 2.39. The molecule has 0 fully saturated rings. The molecule has 0 saturated heterocycles. The molecule has 0 saturated carbocycles. The number of rotatable bonds is 2. The van der Waals surface area contributed by atoms with Crippen molar-refractivity contribution in [2.75, 3.05) is 0 Å². The molecule has 0 heterocycles. The first-order valence-electron chi connectivity index (χ1n) is 5.24. The van der Waals surface area contributed by atoms with Gasteiger partial charge in [-0.2, -0.15) is 0 Å². The lowest BCUT2D eigenvalue weighted by Gasteiger charge is -2.15. The van der Waals surface area contributed by atoms with Crippen LogP contribution in [0.5, 0.6) is 0 Å². The standard InChI is InChI=1S/C13H5Br2ClF4/c14-5-1-10(19)12(11(20)2-5)13(15)6-3-8(17)9(18)4-7(6)16/h1-4,13H. The Hall–Kier alpha value is -0.590. The maximum Gasteiger partial charge on any atom is 0.160 e. The van der Waals surface area contributed by atoms with E-state index in [0.717, 1.165) is 24.3 Å². The molecule has 0 bridgehead atoms. The minimum absolute atomic E-state index is 0.0330. The van der Waals surface area contributed by atoms with Gasteiger partial charge in [0.2, 0.25) is 0 Å². The Morgan fingerprint density at radius 2 is 1.35 bits per heavy atom. The minimum atomic E-state index is -1.15. The van der Waals surface area contributed by atoms with Gasteiger partial charge in [-0.25, -0.2) is 17.6 Å². The van der Waals surface area contributed by atoms with Crippen molar-refractivity contribution in [3.05, 3.63) is 68.2 Å². The van der Waals surface area contributed by atoms with Crippen LogP contribution in [0.3, 0.4) is 0 Å². The summed E-state index contributed by atoms with van der Waals surface area (Å²) < 4.78 is 54.2. The third kappa shape index (κ3) is 3.02. The van der Waals surface area contributed by atoms with E-state index in [1.165, 1.54) is 0 Å². The molecule has 2 aromatic rings. The van der Waals surface area contributed by atoms with Crippen LogP contribution in [-0.4, -0.2) is 0 Å². The molecule has 1 unspecified atom stereocenters. The molecule has 0 aliphatic rings. The summed E-state index contributed by atoms with van der Waals surface area (Å²) in [6, 6.07) is 3.70. The van der Waals surface area contributed by atoms with Gasteiger partial charge in [-0.15, -0.1) is 0 Å². The van der Waals surface area contributed by atoms with Crippen molar-refractivity contribution in [1.29, 1.82) is 0 Å². The molecule has 1 atom stereocenters. The monoisotopic (exact) mass is 430 g/mol. The summed E-state index contributed by atoms with van der Waals surface area (Å²) in [5.41, 5.74) is -0.299. The van der Waals surface area contributed by atoms with Gasteiger partial charge >= 0.3 is 0 Å². The van der Waals surface area contributed by atoms with Crippen molar-refractivity contribution in [2.24, 2.45) is 0 Å². The summed E-state index contributed by atoms with van der Waals surface area (Å²) in [6.07, 6.45) is 0. The Bertz CT molecular complexity index is 653. The summed E-state index contributed by atoms with van der Waals surface area (Å²) in [6.45, 7) is 0. The zero-order chi connectivity index (χ0) is 15.0. The molecule has 0 spiro atoms. The van der Waals surface area contributed by atoms with E-state index < -0.39 is 28.1 Å². The van der Waals surface area contributed by atoms with Crippen molar-refractivity contribution in [3.63, 3.8) is 0 Å². The molecule has 20 heavy (non-hydrogen) atoms. The van der Waals surface area contributed by atoms with Gasteiger partial charge in [-0.1, -0.05) is 43.5 Å². The number of benzene rings is 2. The molecule has 106 valence electrons. The van der Waals surface area contributed by atoms with E-state index in [1.54, 1.807) is 0 Å². The second kappa shape index (κ2) is 6.03. The lowest BCUT2D eigenvalue weighted by atomic mass is 10.0. The largest absolute Gasteiger partial charge is 0.206 e. The first-order valence-corrected chi connectivity index (χ1v) is 7.33. The van der Waals surface area contributed by atoms with E-state index in [4.69, 9.17) is 11.6 Å². The minimum Gasteiger partial charge on any atom is -0.206 e. The summed E-state index contributed by atoms with van der Waals surface area (Å²) in [7, 11) is 0. The van der Waals surface area contributed by atoms with Crippen LogP contribution in [-0.2, 0) is 0 Å². The van der Waals surface area contributed by atoms with Crippen LogP contribution in [0.1, 0.15) is 16.0 Å². The average molecular weight is 432 g/mol. The molecule has 0 nitrogen and oxygen atoms in total. The van der Waals surface area contributed by atoms with Crippen LogP contribution in [0.2, 0.25) is 5.02 Å². The van der Waals surface area contributed by atoms with Crippen molar-refractivity contribution in [1.82, 2.24) is 0 Å². The first-order chi connectivity index (χ1) is 9.31. The van der Waals surface area contributed by atoms with Gasteiger partial charge in [0.05, 0.1) is 4.83 Å². The molecule has 0 aromatic heterocycles. The summed E-state index contributed by atoms with van der Waals surface area (Å²) >= 11 is 11.8. The third-order valence-corrected chi connectivity index (χ3v) is 4.35. The Labute approximate surface area is 134 Å². The van der Waals surface area contributed by atoms with Crippen LogP contribution in [0.4, 0.5) is 17.6 Å². The van der Waals surface area contributed by atoms with Gasteiger partial charge in [0.1, 0.15) is 11.6 Å². The van der Waals surface area contributed by atoms with E-state index >= 15 is 0 Å². The van der Waals surface area contributed by atoms with E-state index in [0.29, 0.717) is 0 Å². The van der Waals surface area contributed by atoms with E-state index in [1.807, 2.05) is 0 Å². The molecule has 2 rings (SSSR count). The van der Waals surface area contributed by atoms with Crippen molar-refractivity contribution < 1.29 is 17.6 Å². The summed E-state index contributed by atoms with van der Waals surface area (Å²) in [5, 5.41) is -0.132. The Morgan fingerprint density at radius 3 is 1.90 bits per heavy atom. The highest BCUT2D eigenvalue weighted by molar-refractivity contribution is 9.10. The van der Waals surface area contributed by atoms with E-state index in [9.17, 15) is 17.6 Å². The van der Waals surface area contributed by atoms with Gasteiger partial charge in [-0.05, 0) is 29.8 Å². The van der Waals surface area contributed by atoms with Gasteiger partial charge < -0.3 is 0 Å². The van der Waals surface area contributed by atoms with E-state index in [-0.39, 0.29) is 20.6 Å². The second-order valence-electron chi connectivity index (χ2n) is 3.93. The van der Waals surface area contributed by atoms with Crippen LogP contribution in [0.25, 0.3) is 0 Å².